The molecular weight excluding hydrogens is 320 g/mol. The van der Waals surface area contributed by atoms with E-state index in [2.05, 4.69) is 0 Å². The van der Waals surface area contributed by atoms with Gasteiger partial charge in [0, 0.05) is 32.1 Å². The predicted octanol–water partition coefficient (Wildman–Crippen LogP) is 2.18. The van der Waals surface area contributed by atoms with Crippen LogP contribution in [0.4, 0.5) is 0 Å². The third kappa shape index (κ3) is 3.72. The molecule has 1 heterocycles. The Hall–Kier alpha value is -2.24. The lowest BCUT2D eigenvalue weighted by Gasteiger charge is -2.31. The summed E-state index contributed by atoms with van der Waals surface area (Å²) in [6.45, 7) is 2.53. The van der Waals surface area contributed by atoms with Gasteiger partial charge in [-0.15, -0.1) is 0 Å². The second-order valence-corrected chi connectivity index (χ2v) is 6.67. The van der Waals surface area contributed by atoms with Gasteiger partial charge in [0.1, 0.15) is 11.5 Å². The van der Waals surface area contributed by atoms with Crippen LogP contribution >= 0.6 is 0 Å². The number of rotatable bonds is 4. The molecule has 2 fully saturated rings. The molecule has 1 aliphatic heterocycles. The lowest BCUT2D eigenvalue weighted by atomic mass is 9.84. The number of amides is 2. The third-order valence-electron chi connectivity index (χ3n) is 5.19. The molecule has 1 aromatic carbocycles. The van der Waals surface area contributed by atoms with Gasteiger partial charge < -0.3 is 19.3 Å². The minimum absolute atomic E-state index is 0.0753. The van der Waals surface area contributed by atoms with Gasteiger partial charge in [-0.05, 0) is 37.5 Å². The van der Waals surface area contributed by atoms with Crippen molar-refractivity contribution in [1.29, 1.82) is 0 Å². The summed E-state index contributed by atoms with van der Waals surface area (Å²) < 4.78 is 10.6. The Morgan fingerprint density at radius 1 is 0.960 bits per heavy atom. The minimum atomic E-state index is -0.0753. The lowest BCUT2D eigenvalue weighted by Crippen LogP contribution is -2.41. The molecule has 0 atom stereocenters. The Morgan fingerprint density at radius 3 is 2.32 bits per heavy atom. The molecule has 25 heavy (non-hydrogen) atoms. The first-order valence-electron chi connectivity index (χ1n) is 8.94. The normalized spacial score (nSPS) is 18.3. The first kappa shape index (κ1) is 17.6. The smallest absolute Gasteiger partial charge is 0.257 e. The molecule has 6 nitrogen and oxygen atoms in total. The molecule has 1 saturated carbocycles. The molecule has 6 heteroatoms. The van der Waals surface area contributed by atoms with Gasteiger partial charge in [-0.1, -0.05) is 6.42 Å². The molecule has 0 aromatic heterocycles. The Morgan fingerprint density at radius 2 is 1.68 bits per heavy atom. The summed E-state index contributed by atoms with van der Waals surface area (Å²) in [6.07, 6.45) is 3.99. The maximum absolute atomic E-state index is 13.0. The summed E-state index contributed by atoms with van der Waals surface area (Å²) in [5, 5.41) is 0. The molecular formula is C19H26N2O4. The molecule has 136 valence electrons. The van der Waals surface area contributed by atoms with E-state index in [1.807, 2.05) is 9.80 Å². The van der Waals surface area contributed by atoms with Crippen molar-refractivity contribution in [3.63, 3.8) is 0 Å². The van der Waals surface area contributed by atoms with Crippen LogP contribution in [-0.2, 0) is 4.79 Å². The van der Waals surface area contributed by atoms with E-state index in [9.17, 15) is 9.59 Å². The van der Waals surface area contributed by atoms with Gasteiger partial charge in [-0.3, -0.25) is 9.59 Å². The zero-order chi connectivity index (χ0) is 17.8. The third-order valence-corrected chi connectivity index (χ3v) is 5.19. The van der Waals surface area contributed by atoms with Crippen LogP contribution in [0, 0.1) is 5.92 Å². The highest BCUT2D eigenvalue weighted by atomic mass is 16.5. The van der Waals surface area contributed by atoms with E-state index in [1.165, 1.54) is 0 Å². The minimum Gasteiger partial charge on any atom is -0.497 e. The van der Waals surface area contributed by atoms with Crippen LogP contribution in [0.5, 0.6) is 11.5 Å². The molecule has 0 N–H and O–H groups in total. The van der Waals surface area contributed by atoms with Crippen LogP contribution in [0.3, 0.4) is 0 Å². The highest BCUT2D eigenvalue weighted by Crippen LogP contribution is 2.29. The van der Waals surface area contributed by atoms with Crippen molar-refractivity contribution >= 4 is 11.8 Å². The largest absolute Gasteiger partial charge is 0.497 e. The Kier molecular flexibility index (Phi) is 5.46. The Balaban J connectivity index is 1.69. The first-order valence-corrected chi connectivity index (χ1v) is 8.94. The zero-order valence-electron chi connectivity index (χ0n) is 15.0. The van der Waals surface area contributed by atoms with E-state index in [1.54, 1.807) is 32.4 Å². The van der Waals surface area contributed by atoms with E-state index in [4.69, 9.17) is 9.47 Å². The highest BCUT2D eigenvalue weighted by molar-refractivity contribution is 5.97. The van der Waals surface area contributed by atoms with E-state index in [0.717, 1.165) is 32.2 Å². The SMILES string of the molecule is COc1ccc(OC)c(C(=O)N2CCCN(C(=O)C3CCC3)CC2)c1. The number of nitrogens with zero attached hydrogens (tertiary/aromatic N) is 2. The zero-order valence-corrected chi connectivity index (χ0v) is 15.0. The van der Waals surface area contributed by atoms with Crippen molar-refractivity contribution < 1.29 is 19.1 Å². The van der Waals surface area contributed by atoms with Crippen LogP contribution < -0.4 is 9.47 Å². The molecule has 0 unspecified atom stereocenters. The molecule has 2 amide bonds. The number of methoxy groups -OCH3 is 2. The van der Waals surface area contributed by atoms with Crippen LogP contribution in [0.25, 0.3) is 0 Å². The standard InChI is InChI=1S/C19H26N2O4/c1-24-15-7-8-17(25-2)16(13-15)19(23)21-10-4-9-20(11-12-21)18(22)14-5-3-6-14/h7-8,13-14H,3-6,9-12H2,1-2H3. The molecule has 0 spiro atoms. The number of carbonyl (C=O) groups is 2. The summed E-state index contributed by atoms with van der Waals surface area (Å²) in [6, 6.07) is 5.23. The quantitative estimate of drug-likeness (QED) is 0.838. The number of benzene rings is 1. The summed E-state index contributed by atoms with van der Waals surface area (Å²) in [7, 11) is 3.13. The fourth-order valence-corrected chi connectivity index (χ4v) is 3.41. The van der Waals surface area contributed by atoms with Crippen LogP contribution in [0.2, 0.25) is 0 Å². The van der Waals surface area contributed by atoms with Gasteiger partial charge in [0.25, 0.3) is 5.91 Å². The van der Waals surface area contributed by atoms with Crippen molar-refractivity contribution in [3.8, 4) is 11.5 Å². The fourth-order valence-electron chi connectivity index (χ4n) is 3.41. The fraction of sp³-hybridized carbons (Fsp3) is 0.579. The van der Waals surface area contributed by atoms with E-state index >= 15 is 0 Å². The second-order valence-electron chi connectivity index (χ2n) is 6.67. The van der Waals surface area contributed by atoms with Crippen molar-refractivity contribution in [1.82, 2.24) is 9.80 Å². The first-order chi connectivity index (χ1) is 12.1. The van der Waals surface area contributed by atoms with E-state index in [-0.39, 0.29) is 17.7 Å². The molecule has 2 aliphatic rings. The maximum Gasteiger partial charge on any atom is 0.257 e. The number of hydrogen-bond donors (Lipinski definition) is 0. The molecule has 3 rings (SSSR count). The van der Waals surface area contributed by atoms with Crippen molar-refractivity contribution in [2.24, 2.45) is 5.92 Å². The van der Waals surface area contributed by atoms with Crippen LogP contribution in [0.1, 0.15) is 36.0 Å². The van der Waals surface area contributed by atoms with E-state index < -0.39 is 0 Å². The van der Waals surface area contributed by atoms with Gasteiger partial charge in [-0.25, -0.2) is 0 Å². The van der Waals surface area contributed by atoms with Gasteiger partial charge >= 0.3 is 0 Å². The van der Waals surface area contributed by atoms with Crippen LogP contribution in [0.15, 0.2) is 18.2 Å². The summed E-state index contributed by atoms with van der Waals surface area (Å²) in [5.74, 6) is 1.56. The topological polar surface area (TPSA) is 59.1 Å². The molecule has 1 aliphatic carbocycles. The second kappa shape index (κ2) is 7.76. The summed E-state index contributed by atoms with van der Waals surface area (Å²) in [5.41, 5.74) is 0.501. The number of hydrogen-bond acceptors (Lipinski definition) is 4. The van der Waals surface area contributed by atoms with Gasteiger partial charge in [-0.2, -0.15) is 0 Å². The molecule has 1 aromatic rings. The lowest BCUT2D eigenvalue weighted by molar-refractivity contribution is -0.138. The van der Waals surface area contributed by atoms with Crippen molar-refractivity contribution in [2.75, 3.05) is 40.4 Å². The van der Waals surface area contributed by atoms with Gasteiger partial charge in [0.2, 0.25) is 5.91 Å². The molecule has 0 bridgehead atoms. The Labute approximate surface area is 148 Å². The average molecular weight is 346 g/mol. The molecule has 1 saturated heterocycles. The van der Waals surface area contributed by atoms with E-state index in [0.29, 0.717) is 36.7 Å². The highest BCUT2D eigenvalue weighted by Gasteiger charge is 2.31. The number of carbonyl (C=O) groups excluding carboxylic acids is 2. The summed E-state index contributed by atoms with van der Waals surface area (Å²) >= 11 is 0. The Bertz CT molecular complexity index is 642. The average Bonchev–Trinajstić information content (AvgIpc) is 2.85. The number of ether oxygens (including phenoxy) is 2. The predicted molar refractivity (Wildman–Crippen MR) is 94.0 cm³/mol. The monoisotopic (exact) mass is 346 g/mol. The van der Waals surface area contributed by atoms with Crippen molar-refractivity contribution in [3.05, 3.63) is 23.8 Å². The van der Waals surface area contributed by atoms with Gasteiger partial charge in [0.15, 0.2) is 0 Å². The van der Waals surface area contributed by atoms with Crippen LogP contribution in [-0.4, -0.2) is 62.0 Å². The van der Waals surface area contributed by atoms with Crippen molar-refractivity contribution in [2.45, 2.75) is 25.7 Å². The summed E-state index contributed by atoms with van der Waals surface area (Å²) in [4.78, 5) is 29.2. The molecule has 0 radical (unpaired) electrons. The maximum atomic E-state index is 13.0. The van der Waals surface area contributed by atoms with Gasteiger partial charge in [0.05, 0.1) is 19.8 Å².